The van der Waals surface area contributed by atoms with Crippen LogP contribution in [-0.2, 0) is 16.3 Å². The first kappa shape index (κ1) is 22.5. The fourth-order valence-corrected chi connectivity index (χ4v) is 3.80. The van der Waals surface area contributed by atoms with Gasteiger partial charge in [0.2, 0.25) is 0 Å². The molecular weight excluding hydrogens is 436 g/mol. The minimum atomic E-state index is -3.51. The van der Waals surface area contributed by atoms with Crippen molar-refractivity contribution in [1.29, 1.82) is 0 Å². The molecule has 3 aromatic rings. The minimum absolute atomic E-state index is 0.00359. The van der Waals surface area contributed by atoms with Gasteiger partial charge >= 0.3 is 0 Å². The first-order valence-corrected chi connectivity index (χ1v) is 11.7. The quantitative estimate of drug-likeness (QED) is 0.562. The van der Waals surface area contributed by atoms with Gasteiger partial charge < -0.3 is 10.6 Å². The fraction of sp³-hybridized carbons (Fsp3) is 0.130. The number of rotatable bonds is 7. The van der Waals surface area contributed by atoms with Crippen molar-refractivity contribution in [2.45, 2.75) is 11.3 Å². The van der Waals surface area contributed by atoms with Gasteiger partial charge in [0.1, 0.15) is 0 Å². The van der Waals surface area contributed by atoms with E-state index in [4.69, 9.17) is 11.6 Å². The number of hydrogen-bond acceptors (Lipinski definition) is 4. The third-order valence-corrected chi connectivity index (χ3v) is 6.01. The summed E-state index contributed by atoms with van der Waals surface area (Å²) in [7, 11) is -3.51. The van der Waals surface area contributed by atoms with Gasteiger partial charge in [-0.05, 0) is 42.3 Å². The minimum Gasteiger partial charge on any atom is -0.352 e. The maximum absolute atomic E-state index is 12.8. The predicted octanol–water partition coefficient (Wildman–Crippen LogP) is 3.97. The second-order valence-electron chi connectivity index (χ2n) is 6.91. The van der Waals surface area contributed by atoms with Crippen LogP contribution in [0.4, 0.5) is 5.69 Å². The van der Waals surface area contributed by atoms with Crippen molar-refractivity contribution < 1.29 is 18.0 Å². The molecule has 0 aliphatic rings. The molecule has 0 heterocycles. The zero-order chi connectivity index (χ0) is 22.4. The van der Waals surface area contributed by atoms with E-state index < -0.39 is 15.7 Å². The molecule has 8 heteroatoms. The zero-order valence-electron chi connectivity index (χ0n) is 16.8. The van der Waals surface area contributed by atoms with Crippen molar-refractivity contribution in [3.63, 3.8) is 0 Å². The Balaban J connectivity index is 1.74. The highest BCUT2D eigenvalue weighted by Crippen LogP contribution is 2.23. The van der Waals surface area contributed by atoms with Crippen LogP contribution in [0.15, 0.2) is 77.7 Å². The normalized spacial score (nSPS) is 11.0. The van der Waals surface area contributed by atoms with Gasteiger partial charge in [0, 0.05) is 12.8 Å². The van der Waals surface area contributed by atoms with Gasteiger partial charge in [-0.2, -0.15) is 0 Å². The molecule has 0 aliphatic heterocycles. The largest absolute Gasteiger partial charge is 0.352 e. The van der Waals surface area contributed by atoms with E-state index >= 15 is 0 Å². The molecule has 6 nitrogen and oxygen atoms in total. The Hall–Kier alpha value is -3.16. The predicted molar refractivity (Wildman–Crippen MR) is 121 cm³/mol. The molecule has 0 aromatic heterocycles. The van der Waals surface area contributed by atoms with Crippen molar-refractivity contribution in [1.82, 2.24) is 5.32 Å². The van der Waals surface area contributed by atoms with Crippen LogP contribution < -0.4 is 10.6 Å². The number of halogens is 1. The highest BCUT2D eigenvalue weighted by atomic mass is 35.5. The lowest BCUT2D eigenvalue weighted by Gasteiger charge is -2.13. The van der Waals surface area contributed by atoms with E-state index in [9.17, 15) is 18.0 Å². The summed E-state index contributed by atoms with van der Waals surface area (Å²) >= 11 is 6.10. The van der Waals surface area contributed by atoms with E-state index in [2.05, 4.69) is 10.6 Å². The molecule has 0 spiro atoms. The number of carbonyl (C=O) groups is 2. The van der Waals surface area contributed by atoms with Crippen molar-refractivity contribution in [2.75, 3.05) is 18.1 Å². The molecule has 0 fully saturated rings. The van der Waals surface area contributed by atoms with E-state index in [1.165, 1.54) is 18.2 Å². The molecule has 31 heavy (non-hydrogen) atoms. The monoisotopic (exact) mass is 456 g/mol. The van der Waals surface area contributed by atoms with Crippen LogP contribution in [0.25, 0.3) is 0 Å². The second-order valence-corrected chi connectivity index (χ2v) is 9.33. The van der Waals surface area contributed by atoms with Crippen LogP contribution in [0, 0.1) is 0 Å². The lowest BCUT2D eigenvalue weighted by Crippen LogP contribution is -2.27. The Morgan fingerprint density at radius 1 is 0.871 bits per heavy atom. The van der Waals surface area contributed by atoms with Crippen LogP contribution in [0.3, 0.4) is 0 Å². The first-order valence-electron chi connectivity index (χ1n) is 9.48. The summed E-state index contributed by atoms with van der Waals surface area (Å²) in [6.07, 6.45) is 1.72. The molecule has 0 unspecified atom stereocenters. The molecule has 0 atom stereocenters. The van der Waals surface area contributed by atoms with Crippen LogP contribution in [0.5, 0.6) is 0 Å². The molecule has 2 N–H and O–H groups in total. The number of carbonyl (C=O) groups excluding carboxylic acids is 2. The van der Waals surface area contributed by atoms with Crippen LogP contribution in [-0.4, -0.2) is 33.0 Å². The summed E-state index contributed by atoms with van der Waals surface area (Å²) in [6.45, 7) is 0.438. The number of anilines is 1. The Bertz CT molecular complexity index is 1210. The lowest BCUT2D eigenvalue weighted by molar-refractivity contribution is 0.0955. The maximum atomic E-state index is 12.8. The highest BCUT2D eigenvalue weighted by Gasteiger charge is 2.18. The van der Waals surface area contributed by atoms with E-state index in [1.54, 1.807) is 24.3 Å². The van der Waals surface area contributed by atoms with Crippen LogP contribution in [0.1, 0.15) is 26.3 Å². The van der Waals surface area contributed by atoms with Gasteiger partial charge in [0.15, 0.2) is 9.84 Å². The van der Waals surface area contributed by atoms with E-state index in [0.29, 0.717) is 24.2 Å². The molecular formula is C23H21ClN2O4S. The third kappa shape index (κ3) is 5.93. The number of amides is 2. The SMILES string of the molecule is CS(=O)(=O)c1ccc(Cl)c(C(=O)Nc2ccccc2C(=O)NCCc2ccccc2)c1. The van der Waals surface area contributed by atoms with Gasteiger partial charge in [-0.15, -0.1) is 0 Å². The van der Waals surface area contributed by atoms with E-state index in [-0.39, 0.29) is 21.4 Å². The summed E-state index contributed by atoms with van der Waals surface area (Å²) in [5, 5.41) is 5.61. The molecule has 0 bridgehead atoms. The summed E-state index contributed by atoms with van der Waals surface area (Å²) in [4.78, 5) is 25.4. The van der Waals surface area contributed by atoms with Crippen molar-refractivity contribution in [2.24, 2.45) is 0 Å². The molecule has 0 saturated heterocycles. The second kappa shape index (κ2) is 9.76. The Labute approximate surface area is 186 Å². The van der Waals surface area contributed by atoms with Gasteiger partial charge in [-0.1, -0.05) is 54.1 Å². The number of benzene rings is 3. The van der Waals surface area contributed by atoms with Gasteiger partial charge in [-0.25, -0.2) is 8.42 Å². The molecule has 160 valence electrons. The standard InChI is InChI=1S/C23H21ClN2O4S/c1-31(29,30)17-11-12-20(24)19(15-17)23(28)26-21-10-6-5-9-18(21)22(27)25-14-13-16-7-3-2-4-8-16/h2-12,15H,13-14H2,1H3,(H,25,27)(H,26,28). The van der Waals surface area contributed by atoms with Crippen molar-refractivity contribution in [3.05, 3.63) is 94.5 Å². The van der Waals surface area contributed by atoms with Gasteiger partial charge in [0.05, 0.1) is 26.7 Å². The average molecular weight is 457 g/mol. The Morgan fingerprint density at radius 2 is 1.55 bits per heavy atom. The summed E-state index contributed by atoms with van der Waals surface area (Å²) in [6, 6.07) is 20.2. The van der Waals surface area contributed by atoms with Crippen LogP contribution >= 0.6 is 11.6 Å². The molecule has 0 radical (unpaired) electrons. The number of hydrogen-bond donors (Lipinski definition) is 2. The molecule has 3 rings (SSSR count). The van der Waals surface area contributed by atoms with Gasteiger partial charge in [0.25, 0.3) is 11.8 Å². The molecule has 3 aromatic carbocycles. The molecule has 0 aliphatic carbocycles. The average Bonchev–Trinajstić information content (AvgIpc) is 2.74. The zero-order valence-corrected chi connectivity index (χ0v) is 18.3. The number of nitrogens with one attached hydrogen (secondary N) is 2. The lowest BCUT2D eigenvalue weighted by atomic mass is 10.1. The van der Waals surface area contributed by atoms with Gasteiger partial charge in [-0.3, -0.25) is 9.59 Å². The molecule has 0 saturated carbocycles. The number of sulfone groups is 1. The molecule has 2 amide bonds. The van der Waals surface area contributed by atoms with Crippen molar-refractivity contribution >= 4 is 38.9 Å². The first-order chi connectivity index (χ1) is 14.8. The highest BCUT2D eigenvalue weighted by molar-refractivity contribution is 7.90. The maximum Gasteiger partial charge on any atom is 0.257 e. The fourth-order valence-electron chi connectivity index (χ4n) is 2.95. The van der Waals surface area contributed by atoms with Crippen molar-refractivity contribution in [3.8, 4) is 0 Å². The topological polar surface area (TPSA) is 92.3 Å². The summed E-state index contributed by atoms with van der Waals surface area (Å²) in [5.74, 6) is -0.942. The van der Waals surface area contributed by atoms with Crippen LogP contribution in [0.2, 0.25) is 5.02 Å². The Morgan fingerprint density at radius 3 is 2.26 bits per heavy atom. The smallest absolute Gasteiger partial charge is 0.257 e. The summed E-state index contributed by atoms with van der Waals surface area (Å²) in [5.41, 5.74) is 1.69. The van der Waals surface area contributed by atoms with E-state index in [0.717, 1.165) is 11.8 Å². The third-order valence-electron chi connectivity index (χ3n) is 4.57. The summed E-state index contributed by atoms with van der Waals surface area (Å²) < 4.78 is 23.6. The Kier molecular flexibility index (Phi) is 7.09. The number of para-hydroxylation sites is 1. The van der Waals surface area contributed by atoms with E-state index in [1.807, 2.05) is 30.3 Å².